The summed E-state index contributed by atoms with van der Waals surface area (Å²) in [6.07, 6.45) is 7.09. The molecular formula is C24H28ClF2N7. The fourth-order valence-corrected chi connectivity index (χ4v) is 4.50. The maximum absolute atomic E-state index is 13.8. The molecule has 0 aliphatic carbocycles. The number of anilines is 1. The van der Waals surface area contributed by atoms with Crippen molar-refractivity contribution in [1.82, 2.24) is 19.8 Å². The first-order chi connectivity index (χ1) is 16.3. The number of amidine groups is 1. The molecule has 2 saturated heterocycles. The highest BCUT2D eigenvalue weighted by molar-refractivity contribution is 6.31. The first-order valence-corrected chi connectivity index (χ1v) is 11.6. The van der Waals surface area contributed by atoms with Gasteiger partial charge < -0.3 is 20.4 Å². The first-order valence-electron chi connectivity index (χ1n) is 11.3. The lowest BCUT2D eigenvalue weighted by Crippen LogP contribution is -2.54. The molecule has 0 radical (unpaired) electrons. The highest BCUT2D eigenvalue weighted by atomic mass is 35.5. The molecule has 0 spiro atoms. The van der Waals surface area contributed by atoms with Gasteiger partial charge in [0.25, 0.3) is 0 Å². The lowest BCUT2D eigenvalue weighted by atomic mass is 10.1. The molecule has 4 rings (SSSR count). The SMILES string of the molecule is C=C(/N=C(\C=C(/N)c1ccc(F)c(F)c1)N1CCN(c2nccnc2Cl)C[C@@H]1C)N1CCCC1. The van der Waals surface area contributed by atoms with Crippen molar-refractivity contribution in [2.24, 2.45) is 10.7 Å². The van der Waals surface area contributed by atoms with E-state index in [1.807, 2.05) is 0 Å². The Morgan fingerprint density at radius 3 is 2.56 bits per heavy atom. The molecule has 2 N–H and O–H groups in total. The molecule has 2 aliphatic heterocycles. The van der Waals surface area contributed by atoms with E-state index < -0.39 is 11.6 Å². The Kier molecular flexibility index (Phi) is 7.31. The van der Waals surface area contributed by atoms with Gasteiger partial charge in [0, 0.05) is 68.5 Å². The van der Waals surface area contributed by atoms with Crippen molar-refractivity contribution in [3.8, 4) is 0 Å². The van der Waals surface area contributed by atoms with Crippen molar-refractivity contribution < 1.29 is 8.78 Å². The Bertz CT molecular complexity index is 1110. The van der Waals surface area contributed by atoms with Crippen LogP contribution in [0.15, 0.2) is 54.1 Å². The largest absolute Gasteiger partial charge is 0.398 e. The molecule has 34 heavy (non-hydrogen) atoms. The van der Waals surface area contributed by atoms with E-state index in [-0.39, 0.29) is 6.04 Å². The molecule has 0 unspecified atom stereocenters. The molecule has 1 atom stereocenters. The number of aliphatic imine (C=N–C) groups is 1. The number of hydrogen-bond donors (Lipinski definition) is 1. The number of nitrogens with zero attached hydrogens (tertiary/aromatic N) is 6. The molecule has 2 aliphatic rings. The van der Waals surface area contributed by atoms with Crippen LogP contribution < -0.4 is 10.6 Å². The van der Waals surface area contributed by atoms with Crippen molar-refractivity contribution in [3.63, 3.8) is 0 Å². The van der Waals surface area contributed by atoms with Crippen LogP contribution in [0.3, 0.4) is 0 Å². The molecule has 2 aromatic rings. The second-order valence-corrected chi connectivity index (χ2v) is 8.83. The number of halogens is 3. The minimum absolute atomic E-state index is 0.0333. The van der Waals surface area contributed by atoms with Gasteiger partial charge in [0.2, 0.25) is 0 Å². The minimum Gasteiger partial charge on any atom is -0.398 e. The number of aromatic nitrogens is 2. The highest BCUT2D eigenvalue weighted by Gasteiger charge is 2.28. The zero-order chi connectivity index (χ0) is 24.2. The second-order valence-electron chi connectivity index (χ2n) is 8.47. The minimum atomic E-state index is -0.948. The van der Waals surface area contributed by atoms with Gasteiger partial charge in [-0.3, -0.25) is 0 Å². The van der Waals surface area contributed by atoms with Crippen LogP contribution in [0.4, 0.5) is 14.6 Å². The molecule has 0 bridgehead atoms. The number of likely N-dealkylation sites (tertiary alicyclic amines) is 1. The van der Waals surface area contributed by atoms with Crippen LogP contribution in [0.2, 0.25) is 5.15 Å². The van der Waals surface area contributed by atoms with Crippen LogP contribution in [0.25, 0.3) is 5.70 Å². The summed E-state index contributed by atoms with van der Waals surface area (Å²) >= 11 is 6.25. The Balaban J connectivity index is 1.62. The first kappa shape index (κ1) is 23.9. The Hall–Kier alpha value is -3.20. The summed E-state index contributed by atoms with van der Waals surface area (Å²) < 4.78 is 27.2. The molecular weight excluding hydrogens is 460 g/mol. The van der Waals surface area contributed by atoms with Crippen LogP contribution in [0.1, 0.15) is 25.3 Å². The van der Waals surface area contributed by atoms with Crippen molar-refractivity contribution >= 4 is 29.0 Å². The molecule has 180 valence electrons. The molecule has 10 heteroatoms. The summed E-state index contributed by atoms with van der Waals surface area (Å²) in [5.74, 6) is 0.0642. The number of benzene rings is 1. The van der Waals surface area contributed by atoms with Gasteiger partial charge in [-0.25, -0.2) is 23.7 Å². The smallest absolute Gasteiger partial charge is 0.171 e. The zero-order valence-corrected chi connectivity index (χ0v) is 19.8. The third-order valence-electron chi connectivity index (χ3n) is 6.11. The predicted molar refractivity (Wildman–Crippen MR) is 131 cm³/mol. The van der Waals surface area contributed by atoms with E-state index in [0.717, 1.165) is 38.1 Å². The number of rotatable bonds is 5. The lowest BCUT2D eigenvalue weighted by Gasteiger charge is -2.41. The van der Waals surface area contributed by atoms with Crippen molar-refractivity contribution in [2.45, 2.75) is 25.8 Å². The molecule has 1 aromatic heterocycles. The summed E-state index contributed by atoms with van der Waals surface area (Å²) in [7, 11) is 0. The van der Waals surface area contributed by atoms with E-state index in [1.54, 1.807) is 18.5 Å². The quantitative estimate of drug-likeness (QED) is 0.509. The highest BCUT2D eigenvalue weighted by Crippen LogP contribution is 2.25. The zero-order valence-electron chi connectivity index (χ0n) is 19.1. The van der Waals surface area contributed by atoms with Crippen LogP contribution >= 0.6 is 11.6 Å². The number of hydrogen-bond acceptors (Lipinski definition) is 6. The van der Waals surface area contributed by atoms with E-state index in [2.05, 4.69) is 38.2 Å². The van der Waals surface area contributed by atoms with Gasteiger partial charge in [-0.05, 0) is 38.0 Å². The Labute approximate surface area is 203 Å². The fraction of sp³-hybridized carbons (Fsp3) is 0.375. The lowest BCUT2D eigenvalue weighted by molar-refractivity contribution is 0.297. The van der Waals surface area contributed by atoms with Crippen LogP contribution in [-0.2, 0) is 0 Å². The third kappa shape index (κ3) is 5.30. The average molecular weight is 488 g/mol. The van der Waals surface area contributed by atoms with Crippen molar-refractivity contribution in [2.75, 3.05) is 37.6 Å². The van der Waals surface area contributed by atoms with Crippen LogP contribution in [0, 0.1) is 11.6 Å². The normalized spacial score (nSPS) is 19.6. The van der Waals surface area contributed by atoms with Crippen molar-refractivity contribution in [1.29, 1.82) is 0 Å². The van der Waals surface area contributed by atoms with Gasteiger partial charge in [0.1, 0.15) is 11.7 Å². The van der Waals surface area contributed by atoms with E-state index >= 15 is 0 Å². The maximum Gasteiger partial charge on any atom is 0.171 e. The molecule has 7 nitrogen and oxygen atoms in total. The van der Waals surface area contributed by atoms with Gasteiger partial charge >= 0.3 is 0 Å². The van der Waals surface area contributed by atoms with Gasteiger partial charge in [-0.1, -0.05) is 18.2 Å². The average Bonchev–Trinajstić information content (AvgIpc) is 3.36. The standard InChI is InChI=1S/C24H28ClF2N7/c1-16-15-33(24-23(25)29-7-8-30-24)11-12-34(16)22(31-17(2)32-9-3-4-10-32)14-21(28)18-5-6-19(26)20(27)13-18/h5-8,13-14,16H,2-4,9-12,15,28H2,1H3/b21-14-,31-22+/t16-/m0/s1. The van der Waals surface area contributed by atoms with E-state index in [9.17, 15) is 8.78 Å². The topological polar surface area (TPSA) is 73.9 Å². The van der Waals surface area contributed by atoms with Crippen LogP contribution in [-0.4, -0.2) is 64.4 Å². The summed E-state index contributed by atoms with van der Waals surface area (Å²) in [6.45, 7) is 9.98. The Morgan fingerprint density at radius 1 is 1.15 bits per heavy atom. The monoisotopic (exact) mass is 487 g/mol. The third-order valence-corrected chi connectivity index (χ3v) is 6.38. The van der Waals surface area contributed by atoms with Crippen molar-refractivity contribution in [3.05, 3.63) is 71.4 Å². The fourth-order valence-electron chi connectivity index (χ4n) is 4.27. The van der Waals surface area contributed by atoms with E-state index in [0.29, 0.717) is 53.5 Å². The van der Waals surface area contributed by atoms with E-state index in [1.165, 1.54) is 6.07 Å². The molecule has 2 fully saturated rings. The van der Waals surface area contributed by atoms with Gasteiger partial charge in [0.15, 0.2) is 22.6 Å². The summed E-state index contributed by atoms with van der Waals surface area (Å²) in [5, 5.41) is 0.363. The van der Waals surface area contributed by atoms with Gasteiger partial charge in [-0.2, -0.15) is 0 Å². The molecule has 1 aromatic carbocycles. The summed E-state index contributed by atoms with van der Waals surface area (Å²) in [5.41, 5.74) is 6.98. The Morgan fingerprint density at radius 2 is 1.88 bits per heavy atom. The van der Waals surface area contributed by atoms with Gasteiger partial charge in [0.05, 0.1) is 0 Å². The summed E-state index contributed by atoms with van der Waals surface area (Å²) in [4.78, 5) is 19.7. The maximum atomic E-state index is 13.8. The number of nitrogens with two attached hydrogens (primary N) is 1. The second kappa shape index (κ2) is 10.4. The molecule has 0 amide bonds. The van der Waals surface area contributed by atoms with Gasteiger partial charge in [-0.15, -0.1) is 0 Å². The summed E-state index contributed by atoms with van der Waals surface area (Å²) in [6, 6.07) is 3.64. The molecule has 0 saturated carbocycles. The molecule has 3 heterocycles. The van der Waals surface area contributed by atoms with E-state index in [4.69, 9.17) is 22.3 Å². The van der Waals surface area contributed by atoms with Crippen LogP contribution in [0.5, 0.6) is 0 Å². The number of piperazine rings is 1. The predicted octanol–water partition coefficient (Wildman–Crippen LogP) is 3.88.